The molecule has 4 rings (SSSR count). The number of ether oxygens (including phenoxy) is 1. The lowest BCUT2D eigenvalue weighted by atomic mass is 9.96. The highest BCUT2D eigenvalue weighted by Gasteiger charge is 2.43. The molecular weight excluding hydrogens is 412 g/mol. The van der Waals surface area contributed by atoms with Gasteiger partial charge in [0.1, 0.15) is 12.1 Å². The van der Waals surface area contributed by atoms with Crippen molar-refractivity contribution in [3.8, 4) is 11.1 Å². The van der Waals surface area contributed by atoms with E-state index in [1.807, 2.05) is 36.4 Å². The quantitative estimate of drug-likeness (QED) is 0.526. The molecule has 1 fully saturated rings. The third kappa shape index (κ3) is 4.18. The maximum Gasteiger partial charge on any atom is 0.408 e. The third-order valence-electron chi connectivity index (χ3n) is 6.32. The maximum absolute atomic E-state index is 12.7. The van der Waals surface area contributed by atoms with E-state index in [2.05, 4.69) is 22.8 Å². The molecule has 2 aliphatic carbocycles. The number of hydrogen-bond acceptors (Lipinski definition) is 5. The van der Waals surface area contributed by atoms with Gasteiger partial charge in [-0.2, -0.15) is 0 Å². The first kappa shape index (κ1) is 21.8. The van der Waals surface area contributed by atoms with Crippen LogP contribution >= 0.6 is 0 Å². The van der Waals surface area contributed by atoms with Crippen LogP contribution in [0.5, 0.6) is 0 Å². The van der Waals surface area contributed by atoms with Crippen LogP contribution in [0.25, 0.3) is 11.1 Å². The van der Waals surface area contributed by atoms with Crippen molar-refractivity contribution in [1.29, 1.82) is 0 Å². The van der Waals surface area contributed by atoms with Gasteiger partial charge >= 0.3 is 12.1 Å². The third-order valence-corrected chi connectivity index (χ3v) is 6.32. The van der Waals surface area contributed by atoms with E-state index in [0.717, 1.165) is 35.1 Å². The molecule has 2 aliphatic rings. The van der Waals surface area contributed by atoms with Gasteiger partial charge in [-0.25, -0.2) is 9.59 Å². The van der Waals surface area contributed by atoms with Crippen molar-refractivity contribution in [2.45, 2.75) is 43.2 Å². The van der Waals surface area contributed by atoms with Gasteiger partial charge in [0.25, 0.3) is 0 Å². The number of carbonyl (C=O) groups excluding carboxylic acids is 2. The molecule has 0 spiro atoms. The lowest BCUT2D eigenvalue weighted by Crippen LogP contribution is -2.58. The summed E-state index contributed by atoms with van der Waals surface area (Å²) in [5.41, 5.74) is 3.28. The number of alkyl carbamates (subject to hydrolysis) is 1. The second kappa shape index (κ2) is 9.00. The number of aliphatic hydroxyl groups is 1. The van der Waals surface area contributed by atoms with Crippen molar-refractivity contribution >= 4 is 18.0 Å². The fourth-order valence-corrected chi connectivity index (χ4v) is 4.66. The van der Waals surface area contributed by atoms with Crippen LogP contribution in [0.1, 0.15) is 42.7 Å². The average molecular weight is 438 g/mol. The molecule has 2 aromatic carbocycles. The van der Waals surface area contributed by atoms with Crippen LogP contribution in [0.4, 0.5) is 4.79 Å². The van der Waals surface area contributed by atoms with E-state index in [0.29, 0.717) is 12.8 Å². The molecule has 0 saturated heterocycles. The summed E-state index contributed by atoms with van der Waals surface area (Å²) in [6.45, 7) is -0.294. The number of nitrogens with one attached hydrogen (secondary N) is 2. The highest BCUT2D eigenvalue weighted by molar-refractivity contribution is 5.90. The van der Waals surface area contributed by atoms with Crippen molar-refractivity contribution < 1.29 is 29.3 Å². The fraction of sp³-hybridized carbons (Fsp3) is 0.375. The first-order chi connectivity index (χ1) is 15.4. The van der Waals surface area contributed by atoms with E-state index < -0.39 is 36.2 Å². The van der Waals surface area contributed by atoms with Gasteiger partial charge < -0.3 is 25.6 Å². The molecular formula is C24H26N2O6. The van der Waals surface area contributed by atoms with Crippen LogP contribution in [0.3, 0.4) is 0 Å². The van der Waals surface area contributed by atoms with Gasteiger partial charge in [0.05, 0.1) is 6.54 Å². The molecule has 8 heteroatoms. The Kier molecular flexibility index (Phi) is 6.14. The van der Waals surface area contributed by atoms with E-state index in [9.17, 15) is 19.5 Å². The molecule has 0 aliphatic heterocycles. The van der Waals surface area contributed by atoms with Gasteiger partial charge in [-0.05, 0) is 35.1 Å². The zero-order chi connectivity index (χ0) is 22.7. The Morgan fingerprint density at radius 2 is 1.56 bits per heavy atom. The number of carboxylic acids is 1. The van der Waals surface area contributed by atoms with E-state index in [1.54, 1.807) is 0 Å². The van der Waals surface area contributed by atoms with Crippen LogP contribution in [-0.2, 0) is 14.3 Å². The smallest absolute Gasteiger partial charge is 0.408 e. The molecule has 0 radical (unpaired) electrons. The Hall–Kier alpha value is -3.39. The number of aliphatic hydroxyl groups excluding tert-OH is 1. The first-order valence-electron chi connectivity index (χ1n) is 10.7. The standard InChI is InChI=1S/C24H26N2O6/c27-20(21(28)29)13-25-22(30)24(11-5-6-12-24)26-23(31)32-14-19-17-9-3-1-7-15(17)16-8-2-4-10-18(16)19/h1-4,7-10,19-20,27H,5-6,11-14H2,(H,25,30)(H,26,31)(H,28,29)/t20-/m0/s1. The Bertz CT molecular complexity index is 985. The molecule has 0 heterocycles. The monoisotopic (exact) mass is 438 g/mol. The van der Waals surface area contributed by atoms with Gasteiger partial charge in [-0.3, -0.25) is 4.79 Å². The molecule has 2 amide bonds. The summed E-state index contributed by atoms with van der Waals surface area (Å²) in [4.78, 5) is 36.2. The number of hydrogen-bond donors (Lipinski definition) is 4. The molecule has 4 N–H and O–H groups in total. The van der Waals surface area contributed by atoms with E-state index >= 15 is 0 Å². The number of benzene rings is 2. The summed E-state index contributed by atoms with van der Waals surface area (Å²) in [5.74, 6) is -2.02. The number of carboxylic acid groups (broad SMARTS) is 1. The SMILES string of the molecule is O=C(NC1(C(=O)NC[C@H](O)C(=O)O)CCCC1)OCC1c2ccccc2-c2ccccc21. The highest BCUT2D eigenvalue weighted by Crippen LogP contribution is 2.44. The fourth-order valence-electron chi connectivity index (χ4n) is 4.66. The lowest BCUT2D eigenvalue weighted by Gasteiger charge is -2.29. The van der Waals surface area contributed by atoms with E-state index in [-0.39, 0.29) is 12.5 Å². The summed E-state index contributed by atoms with van der Waals surface area (Å²) in [6.07, 6.45) is -0.0512. The molecule has 32 heavy (non-hydrogen) atoms. The molecule has 8 nitrogen and oxygen atoms in total. The normalized spacial score (nSPS) is 17.2. The predicted molar refractivity (Wildman–Crippen MR) is 116 cm³/mol. The lowest BCUT2D eigenvalue weighted by molar-refractivity contribution is -0.146. The minimum atomic E-state index is -1.70. The first-order valence-corrected chi connectivity index (χ1v) is 10.7. The number of rotatable bonds is 7. The zero-order valence-electron chi connectivity index (χ0n) is 17.5. The molecule has 1 atom stereocenters. The summed E-state index contributed by atoms with van der Waals surface area (Å²) < 4.78 is 5.57. The number of amides is 2. The summed E-state index contributed by atoms with van der Waals surface area (Å²) in [5, 5.41) is 23.4. The second-order valence-electron chi connectivity index (χ2n) is 8.30. The van der Waals surface area contributed by atoms with Crippen LogP contribution < -0.4 is 10.6 Å². The van der Waals surface area contributed by atoms with Gasteiger partial charge in [0.2, 0.25) is 5.91 Å². The topological polar surface area (TPSA) is 125 Å². The van der Waals surface area contributed by atoms with Crippen LogP contribution in [0.2, 0.25) is 0 Å². The Morgan fingerprint density at radius 1 is 1.00 bits per heavy atom. The second-order valence-corrected chi connectivity index (χ2v) is 8.30. The molecule has 0 bridgehead atoms. The molecule has 0 aromatic heterocycles. The molecule has 0 unspecified atom stereocenters. The van der Waals surface area contributed by atoms with Crippen molar-refractivity contribution in [2.24, 2.45) is 0 Å². The zero-order valence-corrected chi connectivity index (χ0v) is 17.5. The number of carbonyl (C=O) groups is 3. The van der Waals surface area contributed by atoms with Crippen molar-refractivity contribution in [3.63, 3.8) is 0 Å². The van der Waals surface area contributed by atoms with Crippen LogP contribution in [-0.4, -0.2) is 53.0 Å². The Morgan fingerprint density at radius 3 is 2.12 bits per heavy atom. The number of fused-ring (bicyclic) bond motifs is 3. The Balaban J connectivity index is 1.42. The average Bonchev–Trinajstić information content (AvgIpc) is 3.39. The van der Waals surface area contributed by atoms with Gasteiger partial charge in [0, 0.05) is 5.92 Å². The largest absolute Gasteiger partial charge is 0.479 e. The van der Waals surface area contributed by atoms with Gasteiger partial charge in [-0.1, -0.05) is 61.4 Å². The summed E-state index contributed by atoms with van der Waals surface area (Å²) >= 11 is 0. The summed E-state index contributed by atoms with van der Waals surface area (Å²) in [7, 11) is 0. The molecule has 1 saturated carbocycles. The molecule has 2 aromatic rings. The van der Waals surface area contributed by atoms with E-state index in [4.69, 9.17) is 9.84 Å². The Labute approximate surface area is 185 Å². The predicted octanol–water partition coefficient (Wildman–Crippen LogP) is 2.40. The van der Waals surface area contributed by atoms with Crippen molar-refractivity contribution in [3.05, 3.63) is 59.7 Å². The number of aliphatic carboxylic acids is 1. The van der Waals surface area contributed by atoms with Gasteiger partial charge in [-0.15, -0.1) is 0 Å². The van der Waals surface area contributed by atoms with Crippen molar-refractivity contribution in [1.82, 2.24) is 10.6 Å². The maximum atomic E-state index is 12.7. The van der Waals surface area contributed by atoms with Crippen molar-refractivity contribution in [2.75, 3.05) is 13.2 Å². The van der Waals surface area contributed by atoms with Gasteiger partial charge in [0.15, 0.2) is 6.10 Å². The summed E-state index contributed by atoms with van der Waals surface area (Å²) in [6, 6.07) is 16.0. The van der Waals surface area contributed by atoms with E-state index in [1.165, 1.54) is 0 Å². The minimum Gasteiger partial charge on any atom is -0.479 e. The highest BCUT2D eigenvalue weighted by atomic mass is 16.5. The minimum absolute atomic E-state index is 0.0905. The molecule has 168 valence electrons. The van der Waals surface area contributed by atoms with Crippen LogP contribution in [0.15, 0.2) is 48.5 Å². The van der Waals surface area contributed by atoms with Crippen LogP contribution in [0, 0.1) is 0 Å².